The third-order valence-corrected chi connectivity index (χ3v) is 4.74. The number of carbonyl (C=O) groups excluding carboxylic acids is 1. The zero-order valence-electron chi connectivity index (χ0n) is 11.5. The summed E-state index contributed by atoms with van der Waals surface area (Å²) in [5.74, 6) is 0.318. The van der Waals surface area contributed by atoms with Crippen molar-refractivity contribution in [2.45, 2.75) is 44.6 Å². The van der Waals surface area contributed by atoms with Crippen LogP contribution in [-0.4, -0.2) is 28.7 Å². The standard InChI is InChI=1S/C16H22BrNO/c1-2-15(13-8-4-3-5-9-13)16(19)18-11-7-6-10-14(18)12-17/h3-5,8-9,14-15H,2,6-7,10-12H2,1H3. The number of nitrogens with zero attached hydrogens (tertiary/aromatic N) is 1. The minimum Gasteiger partial charge on any atom is -0.338 e. The molecule has 1 aromatic rings. The van der Waals surface area contributed by atoms with E-state index >= 15 is 0 Å². The van der Waals surface area contributed by atoms with Crippen molar-refractivity contribution in [1.82, 2.24) is 4.90 Å². The molecule has 1 saturated heterocycles. The third kappa shape index (κ3) is 3.38. The minimum atomic E-state index is 0.0147. The molecule has 2 rings (SSSR count). The van der Waals surface area contributed by atoms with E-state index in [0.717, 1.165) is 36.7 Å². The van der Waals surface area contributed by atoms with Crippen LogP contribution in [0.5, 0.6) is 0 Å². The summed E-state index contributed by atoms with van der Waals surface area (Å²) in [5, 5.41) is 0.893. The highest BCUT2D eigenvalue weighted by molar-refractivity contribution is 9.09. The highest BCUT2D eigenvalue weighted by Gasteiger charge is 2.30. The van der Waals surface area contributed by atoms with Crippen LogP contribution in [0.3, 0.4) is 0 Å². The van der Waals surface area contributed by atoms with Gasteiger partial charge in [-0.05, 0) is 31.2 Å². The fourth-order valence-corrected chi connectivity index (χ4v) is 3.56. The normalized spacial score (nSPS) is 21.2. The smallest absolute Gasteiger partial charge is 0.230 e. The second-order valence-electron chi connectivity index (χ2n) is 5.21. The molecule has 0 aliphatic carbocycles. The molecule has 0 saturated carbocycles. The van der Waals surface area contributed by atoms with Crippen LogP contribution in [0, 0.1) is 0 Å². The second kappa shape index (κ2) is 7.09. The molecule has 1 aromatic carbocycles. The number of piperidine rings is 1. The van der Waals surface area contributed by atoms with E-state index in [1.54, 1.807) is 0 Å². The molecule has 3 heteroatoms. The van der Waals surface area contributed by atoms with Gasteiger partial charge in [-0.2, -0.15) is 0 Å². The Morgan fingerprint density at radius 3 is 2.74 bits per heavy atom. The maximum absolute atomic E-state index is 12.8. The second-order valence-corrected chi connectivity index (χ2v) is 5.85. The highest BCUT2D eigenvalue weighted by atomic mass is 79.9. The lowest BCUT2D eigenvalue weighted by Crippen LogP contribution is -2.46. The predicted molar refractivity (Wildman–Crippen MR) is 82.6 cm³/mol. The molecular weight excluding hydrogens is 302 g/mol. The van der Waals surface area contributed by atoms with Crippen molar-refractivity contribution in [3.63, 3.8) is 0 Å². The number of amides is 1. The summed E-state index contributed by atoms with van der Waals surface area (Å²) in [7, 11) is 0. The van der Waals surface area contributed by atoms with Gasteiger partial charge in [0.15, 0.2) is 0 Å². The SMILES string of the molecule is CCC(C(=O)N1CCCCC1CBr)c1ccccc1. The molecule has 1 aliphatic heterocycles. The molecule has 0 radical (unpaired) electrons. The Morgan fingerprint density at radius 1 is 1.37 bits per heavy atom. The first-order valence-corrected chi connectivity index (χ1v) is 8.31. The molecule has 1 fully saturated rings. The highest BCUT2D eigenvalue weighted by Crippen LogP contribution is 2.27. The van der Waals surface area contributed by atoms with Gasteiger partial charge in [-0.3, -0.25) is 4.79 Å². The van der Waals surface area contributed by atoms with E-state index in [-0.39, 0.29) is 5.92 Å². The van der Waals surface area contributed by atoms with E-state index in [1.807, 2.05) is 18.2 Å². The summed E-state index contributed by atoms with van der Waals surface area (Å²) in [6.45, 7) is 3.01. The van der Waals surface area contributed by atoms with Crippen molar-refractivity contribution < 1.29 is 4.79 Å². The Balaban J connectivity index is 2.16. The number of halogens is 1. The Morgan fingerprint density at radius 2 is 2.11 bits per heavy atom. The average Bonchev–Trinajstić information content (AvgIpc) is 2.49. The maximum atomic E-state index is 12.8. The number of hydrogen-bond acceptors (Lipinski definition) is 1. The van der Waals surface area contributed by atoms with E-state index < -0.39 is 0 Å². The molecule has 1 amide bonds. The van der Waals surface area contributed by atoms with E-state index in [9.17, 15) is 4.79 Å². The van der Waals surface area contributed by atoms with Gasteiger partial charge in [0.05, 0.1) is 5.92 Å². The predicted octanol–water partition coefficient (Wildman–Crippen LogP) is 3.96. The lowest BCUT2D eigenvalue weighted by atomic mass is 9.93. The summed E-state index contributed by atoms with van der Waals surface area (Å²) in [4.78, 5) is 14.9. The van der Waals surface area contributed by atoms with Crippen molar-refractivity contribution in [2.24, 2.45) is 0 Å². The Hall–Kier alpha value is -0.830. The van der Waals surface area contributed by atoms with Crippen LogP contribution in [0.1, 0.15) is 44.1 Å². The van der Waals surface area contributed by atoms with Crippen LogP contribution in [0.2, 0.25) is 0 Å². The minimum absolute atomic E-state index is 0.0147. The molecule has 104 valence electrons. The van der Waals surface area contributed by atoms with E-state index in [4.69, 9.17) is 0 Å². The third-order valence-electron chi connectivity index (χ3n) is 4.00. The van der Waals surface area contributed by atoms with Crippen LogP contribution >= 0.6 is 15.9 Å². The molecule has 1 heterocycles. The monoisotopic (exact) mass is 323 g/mol. The first-order chi connectivity index (χ1) is 9.27. The number of likely N-dealkylation sites (tertiary alicyclic amines) is 1. The van der Waals surface area contributed by atoms with Crippen LogP contribution in [0.25, 0.3) is 0 Å². The number of carbonyl (C=O) groups is 1. The summed E-state index contributed by atoms with van der Waals surface area (Å²) in [5.41, 5.74) is 1.15. The van der Waals surface area contributed by atoms with Crippen molar-refractivity contribution in [2.75, 3.05) is 11.9 Å². The quantitative estimate of drug-likeness (QED) is 0.768. The molecule has 2 unspecified atom stereocenters. The number of rotatable bonds is 4. The van der Waals surface area contributed by atoms with E-state index in [0.29, 0.717) is 11.9 Å². The summed E-state index contributed by atoms with van der Waals surface area (Å²) < 4.78 is 0. The topological polar surface area (TPSA) is 20.3 Å². The van der Waals surface area contributed by atoms with Crippen LogP contribution in [0.4, 0.5) is 0 Å². The molecule has 0 aromatic heterocycles. The Labute approximate surface area is 124 Å². The maximum Gasteiger partial charge on any atom is 0.230 e. The fraction of sp³-hybridized carbons (Fsp3) is 0.562. The molecule has 1 aliphatic rings. The molecular formula is C16H22BrNO. The zero-order chi connectivity index (χ0) is 13.7. The summed E-state index contributed by atoms with van der Waals surface area (Å²) in [6, 6.07) is 10.5. The van der Waals surface area contributed by atoms with Crippen molar-refractivity contribution >= 4 is 21.8 Å². The zero-order valence-corrected chi connectivity index (χ0v) is 13.1. The van der Waals surface area contributed by atoms with Crippen molar-refractivity contribution in [1.29, 1.82) is 0 Å². The van der Waals surface area contributed by atoms with E-state index in [1.165, 1.54) is 6.42 Å². The van der Waals surface area contributed by atoms with Gasteiger partial charge in [0.2, 0.25) is 5.91 Å². The molecule has 0 bridgehead atoms. The van der Waals surface area contributed by atoms with Crippen LogP contribution in [0.15, 0.2) is 30.3 Å². The fourth-order valence-electron chi connectivity index (χ4n) is 2.89. The van der Waals surface area contributed by atoms with Gasteiger partial charge in [-0.15, -0.1) is 0 Å². The molecule has 0 spiro atoms. The average molecular weight is 324 g/mol. The first kappa shape index (κ1) is 14.6. The molecule has 2 nitrogen and oxygen atoms in total. The molecule has 19 heavy (non-hydrogen) atoms. The Kier molecular flexibility index (Phi) is 5.44. The van der Waals surface area contributed by atoms with Gasteiger partial charge in [0, 0.05) is 17.9 Å². The van der Waals surface area contributed by atoms with Gasteiger partial charge in [-0.1, -0.05) is 53.2 Å². The molecule has 2 atom stereocenters. The lowest BCUT2D eigenvalue weighted by Gasteiger charge is -2.37. The van der Waals surface area contributed by atoms with Gasteiger partial charge < -0.3 is 4.90 Å². The van der Waals surface area contributed by atoms with E-state index in [2.05, 4.69) is 39.9 Å². The summed E-state index contributed by atoms with van der Waals surface area (Å²) in [6.07, 6.45) is 4.37. The Bertz CT molecular complexity index is 406. The summed E-state index contributed by atoms with van der Waals surface area (Å²) >= 11 is 3.55. The van der Waals surface area contributed by atoms with Crippen LogP contribution in [-0.2, 0) is 4.79 Å². The lowest BCUT2D eigenvalue weighted by molar-refractivity contribution is -0.136. The number of benzene rings is 1. The number of hydrogen-bond donors (Lipinski definition) is 0. The first-order valence-electron chi connectivity index (χ1n) is 7.19. The largest absolute Gasteiger partial charge is 0.338 e. The van der Waals surface area contributed by atoms with Crippen molar-refractivity contribution in [3.05, 3.63) is 35.9 Å². The van der Waals surface area contributed by atoms with Gasteiger partial charge in [0.1, 0.15) is 0 Å². The van der Waals surface area contributed by atoms with Crippen molar-refractivity contribution in [3.8, 4) is 0 Å². The van der Waals surface area contributed by atoms with Gasteiger partial charge >= 0.3 is 0 Å². The number of alkyl halides is 1. The van der Waals surface area contributed by atoms with Crippen LogP contribution < -0.4 is 0 Å². The van der Waals surface area contributed by atoms with Gasteiger partial charge in [-0.25, -0.2) is 0 Å². The van der Waals surface area contributed by atoms with Gasteiger partial charge in [0.25, 0.3) is 0 Å². The molecule has 0 N–H and O–H groups in total.